The van der Waals surface area contributed by atoms with Gasteiger partial charge in [-0.3, -0.25) is 4.79 Å². The fourth-order valence-corrected chi connectivity index (χ4v) is 1.02. The van der Waals surface area contributed by atoms with Crippen molar-refractivity contribution in [2.45, 2.75) is 6.42 Å². The Hall–Kier alpha value is -2.08. The van der Waals surface area contributed by atoms with Gasteiger partial charge in [-0.2, -0.15) is 5.26 Å². The zero-order chi connectivity index (χ0) is 10.4. The predicted octanol–water partition coefficient (Wildman–Crippen LogP) is 1.47. The highest BCUT2D eigenvalue weighted by Crippen LogP contribution is 2.07. The number of nitriles is 1. The molecule has 0 bridgehead atoms. The normalized spacial score (nSPS) is 10.6. The van der Waals surface area contributed by atoms with Crippen LogP contribution in [0.5, 0.6) is 0 Å². The molecule has 0 atom stereocenters. The first-order valence-electron chi connectivity index (χ1n) is 4.16. The molecule has 0 radical (unpaired) electrons. The Morgan fingerprint density at radius 1 is 1.43 bits per heavy atom. The molecule has 3 nitrogen and oxygen atoms in total. The van der Waals surface area contributed by atoms with Crippen molar-refractivity contribution in [3.05, 3.63) is 42.0 Å². The lowest BCUT2D eigenvalue weighted by atomic mass is 10.1. The quantitative estimate of drug-likeness (QED) is 0.727. The van der Waals surface area contributed by atoms with E-state index in [4.69, 9.17) is 11.0 Å². The topological polar surface area (TPSA) is 66.9 Å². The Balaban J connectivity index is 2.81. The first-order valence-corrected chi connectivity index (χ1v) is 4.16. The van der Waals surface area contributed by atoms with Gasteiger partial charge in [-0.25, -0.2) is 0 Å². The van der Waals surface area contributed by atoms with Crippen LogP contribution in [0.3, 0.4) is 0 Å². The summed E-state index contributed by atoms with van der Waals surface area (Å²) in [5, 5.41) is 8.28. The minimum atomic E-state index is -0.270. The number of carbonyl (C=O) groups is 1. The van der Waals surface area contributed by atoms with Crippen molar-refractivity contribution in [2.75, 3.05) is 0 Å². The SMILES string of the molecule is N#CCC(=O)/C=C(/N)c1ccccc1. The number of nitrogens with zero attached hydrogens (tertiary/aromatic N) is 1. The molecule has 0 spiro atoms. The lowest BCUT2D eigenvalue weighted by molar-refractivity contribution is -0.113. The van der Waals surface area contributed by atoms with Gasteiger partial charge >= 0.3 is 0 Å². The van der Waals surface area contributed by atoms with Gasteiger partial charge in [0.15, 0.2) is 5.78 Å². The summed E-state index contributed by atoms with van der Waals surface area (Å²) in [5.74, 6) is -0.270. The summed E-state index contributed by atoms with van der Waals surface area (Å²) in [6, 6.07) is 10.9. The van der Waals surface area contributed by atoms with E-state index < -0.39 is 0 Å². The maximum Gasteiger partial charge on any atom is 0.171 e. The Morgan fingerprint density at radius 3 is 2.64 bits per heavy atom. The van der Waals surface area contributed by atoms with Gasteiger partial charge in [0.05, 0.1) is 12.5 Å². The van der Waals surface area contributed by atoms with E-state index in [1.807, 2.05) is 30.3 Å². The molecule has 0 aliphatic rings. The van der Waals surface area contributed by atoms with E-state index in [0.29, 0.717) is 5.70 Å². The summed E-state index contributed by atoms with van der Waals surface area (Å²) in [6.45, 7) is 0. The second-order valence-electron chi connectivity index (χ2n) is 2.77. The standard InChI is InChI=1S/C11H10N2O/c12-7-6-10(14)8-11(13)9-4-2-1-3-5-9/h1-5,8H,6,13H2/b11-8+. The van der Waals surface area contributed by atoms with Gasteiger partial charge in [0.25, 0.3) is 0 Å². The number of carbonyl (C=O) groups excluding carboxylic acids is 1. The molecule has 0 unspecified atom stereocenters. The van der Waals surface area contributed by atoms with Crippen LogP contribution in [0.15, 0.2) is 36.4 Å². The molecule has 0 saturated heterocycles. The van der Waals surface area contributed by atoms with Gasteiger partial charge in [0, 0.05) is 11.8 Å². The molecule has 0 aromatic heterocycles. The van der Waals surface area contributed by atoms with Gasteiger partial charge in [-0.15, -0.1) is 0 Å². The van der Waals surface area contributed by atoms with Crippen LogP contribution in [0.2, 0.25) is 0 Å². The van der Waals surface area contributed by atoms with E-state index in [1.165, 1.54) is 6.08 Å². The Labute approximate surface area is 82.5 Å². The number of ketones is 1. The molecule has 0 heterocycles. The molecule has 1 aromatic carbocycles. The summed E-state index contributed by atoms with van der Waals surface area (Å²) in [6.07, 6.45) is 1.16. The van der Waals surface area contributed by atoms with Crippen molar-refractivity contribution in [1.82, 2.24) is 0 Å². The van der Waals surface area contributed by atoms with E-state index in [0.717, 1.165) is 5.56 Å². The third kappa shape index (κ3) is 2.76. The molecule has 2 N–H and O–H groups in total. The van der Waals surface area contributed by atoms with Crippen molar-refractivity contribution in [2.24, 2.45) is 5.73 Å². The fraction of sp³-hybridized carbons (Fsp3) is 0.0909. The predicted molar refractivity (Wildman–Crippen MR) is 53.8 cm³/mol. The average molecular weight is 186 g/mol. The van der Waals surface area contributed by atoms with E-state index in [-0.39, 0.29) is 12.2 Å². The largest absolute Gasteiger partial charge is 0.398 e. The second kappa shape index (κ2) is 4.83. The average Bonchev–Trinajstić information content (AvgIpc) is 2.19. The van der Waals surface area contributed by atoms with Crippen molar-refractivity contribution in [1.29, 1.82) is 5.26 Å². The smallest absolute Gasteiger partial charge is 0.171 e. The lowest BCUT2D eigenvalue weighted by Crippen LogP contribution is -2.00. The summed E-state index contributed by atoms with van der Waals surface area (Å²) in [7, 11) is 0. The van der Waals surface area contributed by atoms with Gasteiger partial charge in [-0.1, -0.05) is 30.3 Å². The van der Waals surface area contributed by atoms with E-state index >= 15 is 0 Å². The number of hydrogen-bond acceptors (Lipinski definition) is 3. The van der Waals surface area contributed by atoms with Crippen LogP contribution >= 0.6 is 0 Å². The summed E-state index contributed by atoms with van der Waals surface area (Å²) in [4.78, 5) is 11.0. The van der Waals surface area contributed by atoms with Crippen molar-refractivity contribution < 1.29 is 4.79 Å². The van der Waals surface area contributed by atoms with Crippen LogP contribution in [0, 0.1) is 11.3 Å². The maximum absolute atomic E-state index is 11.0. The molecular weight excluding hydrogens is 176 g/mol. The van der Waals surface area contributed by atoms with E-state index in [1.54, 1.807) is 6.07 Å². The van der Waals surface area contributed by atoms with Gasteiger partial charge < -0.3 is 5.73 Å². The number of nitrogens with two attached hydrogens (primary N) is 1. The molecule has 3 heteroatoms. The van der Waals surface area contributed by atoms with Crippen molar-refractivity contribution >= 4 is 11.5 Å². The molecule has 14 heavy (non-hydrogen) atoms. The molecule has 1 aromatic rings. The number of hydrogen-bond donors (Lipinski definition) is 1. The first kappa shape index (κ1) is 10.0. The van der Waals surface area contributed by atoms with Crippen LogP contribution in [0.4, 0.5) is 0 Å². The molecule has 0 aliphatic carbocycles. The number of rotatable bonds is 3. The number of benzene rings is 1. The highest BCUT2D eigenvalue weighted by molar-refractivity contribution is 5.97. The van der Waals surface area contributed by atoms with Gasteiger partial charge in [-0.05, 0) is 5.56 Å². The van der Waals surface area contributed by atoms with E-state index in [9.17, 15) is 4.79 Å². The minimum absolute atomic E-state index is 0.131. The summed E-state index contributed by atoms with van der Waals surface area (Å²) in [5.41, 5.74) is 6.84. The number of allylic oxidation sites excluding steroid dienone is 1. The Morgan fingerprint density at radius 2 is 2.07 bits per heavy atom. The molecule has 70 valence electrons. The zero-order valence-corrected chi connectivity index (χ0v) is 7.60. The molecule has 0 saturated carbocycles. The minimum Gasteiger partial charge on any atom is -0.398 e. The molecule has 1 rings (SSSR count). The van der Waals surface area contributed by atoms with Crippen molar-refractivity contribution in [3.63, 3.8) is 0 Å². The molecule has 0 fully saturated rings. The van der Waals surface area contributed by atoms with Crippen LogP contribution < -0.4 is 5.73 Å². The van der Waals surface area contributed by atoms with Crippen LogP contribution in [0.25, 0.3) is 5.70 Å². The Bertz CT molecular complexity index is 387. The van der Waals surface area contributed by atoms with Crippen LogP contribution in [-0.4, -0.2) is 5.78 Å². The highest BCUT2D eigenvalue weighted by Gasteiger charge is 1.99. The molecule has 0 aliphatic heterocycles. The second-order valence-corrected chi connectivity index (χ2v) is 2.77. The van der Waals surface area contributed by atoms with Gasteiger partial charge in [0.2, 0.25) is 0 Å². The lowest BCUT2D eigenvalue weighted by Gasteiger charge is -1.99. The first-order chi connectivity index (χ1) is 6.74. The van der Waals surface area contributed by atoms with Gasteiger partial charge in [0.1, 0.15) is 0 Å². The molecule has 0 amide bonds. The Kier molecular flexibility index (Phi) is 3.45. The third-order valence-electron chi connectivity index (χ3n) is 1.68. The van der Waals surface area contributed by atoms with E-state index in [2.05, 4.69) is 0 Å². The fourth-order valence-electron chi connectivity index (χ4n) is 1.02. The van der Waals surface area contributed by atoms with Crippen LogP contribution in [-0.2, 0) is 4.79 Å². The summed E-state index contributed by atoms with van der Waals surface area (Å²) >= 11 is 0. The maximum atomic E-state index is 11.0. The molecular formula is C11H10N2O. The summed E-state index contributed by atoms with van der Waals surface area (Å²) < 4.78 is 0. The highest BCUT2D eigenvalue weighted by atomic mass is 16.1. The van der Waals surface area contributed by atoms with Crippen LogP contribution in [0.1, 0.15) is 12.0 Å². The monoisotopic (exact) mass is 186 g/mol. The van der Waals surface area contributed by atoms with Crippen molar-refractivity contribution in [3.8, 4) is 6.07 Å². The zero-order valence-electron chi connectivity index (χ0n) is 7.60. The third-order valence-corrected chi connectivity index (χ3v) is 1.68.